The number of carbonyl (C=O) groups excluding carboxylic acids is 2. The molecule has 2 aliphatic heterocycles. The number of aliphatic hydroxyl groups excluding tert-OH is 1. The molecule has 0 aromatic heterocycles. The Balaban J connectivity index is 0.000000488. The lowest BCUT2D eigenvalue weighted by Crippen LogP contribution is -2.33. The van der Waals surface area contributed by atoms with E-state index in [1.165, 1.54) is 0 Å². The van der Waals surface area contributed by atoms with Gasteiger partial charge in [0.1, 0.15) is 0 Å². The van der Waals surface area contributed by atoms with Crippen molar-refractivity contribution in [1.29, 1.82) is 0 Å². The van der Waals surface area contributed by atoms with Gasteiger partial charge in [-0.1, -0.05) is 0 Å². The van der Waals surface area contributed by atoms with Gasteiger partial charge in [-0.25, -0.2) is 0 Å². The maximum Gasteiger partial charge on any atom is 0.326 e. The number of amides is 2. The molecule has 0 spiro atoms. The number of alkyl halides is 4. The second-order valence-corrected chi connectivity index (χ2v) is 5.70. The first-order valence-electron chi connectivity index (χ1n) is 8.23. The van der Waals surface area contributed by atoms with Crippen molar-refractivity contribution >= 4 is 11.8 Å². The van der Waals surface area contributed by atoms with E-state index < -0.39 is 61.5 Å². The normalized spacial score (nSPS) is 26.0. The summed E-state index contributed by atoms with van der Waals surface area (Å²) in [5.74, 6) is -9.05. The lowest BCUT2D eigenvalue weighted by atomic mass is 10.2. The molecule has 0 saturated carbocycles. The highest BCUT2D eigenvalue weighted by molar-refractivity contribution is 5.86. The van der Waals surface area contributed by atoms with Gasteiger partial charge in [-0.3, -0.25) is 9.59 Å². The molecule has 2 saturated heterocycles. The summed E-state index contributed by atoms with van der Waals surface area (Å²) >= 11 is 0. The van der Waals surface area contributed by atoms with Gasteiger partial charge in [0.15, 0.2) is 6.29 Å². The smallest absolute Gasteiger partial charge is 0.326 e. The number of halogens is 4. The average molecular weight is 402 g/mol. The van der Waals surface area contributed by atoms with Crippen LogP contribution in [0.2, 0.25) is 0 Å². The molecule has 3 N–H and O–H groups in total. The molecule has 7 nitrogen and oxygen atoms in total. The van der Waals surface area contributed by atoms with E-state index >= 15 is 0 Å². The molecule has 0 aliphatic carbocycles. The van der Waals surface area contributed by atoms with Gasteiger partial charge in [0, 0.05) is 19.4 Å². The molecule has 2 fully saturated rings. The molecule has 0 aromatic rings. The molecule has 2 amide bonds. The van der Waals surface area contributed by atoms with Crippen LogP contribution in [0.1, 0.15) is 26.7 Å². The summed E-state index contributed by atoms with van der Waals surface area (Å²) < 4.78 is 60.2. The van der Waals surface area contributed by atoms with Gasteiger partial charge in [0.05, 0.1) is 25.3 Å². The fraction of sp³-hybridized carbons (Fsp3) is 0.750. The number of ether oxygens (including phenoxy) is 2. The predicted molar refractivity (Wildman–Crippen MR) is 88.4 cm³/mol. The monoisotopic (exact) mass is 402 g/mol. The van der Waals surface area contributed by atoms with Crippen LogP contribution in [0.3, 0.4) is 0 Å². The summed E-state index contributed by atoms with van der Waals surface area (Å²) in [6.45, 7) is 9.60. The van der Waals surface area contributed by atoms with Crippen LogP contribution in [0.4, 0.5) is 17.6 Å². The van der Waals surface area contributed by atoms with Crippen LogP contribution in [-0.4, -0.2) is 67.0 Å². The van der Waals surface area contributed by atoms with E-state index in [4.69, 9.17) is 14.6 Å². The Morgan fingerprint density at radius 1 is 1.07 bits per heavy atom. The molecule has 0 aromatic carbocycles. The molecule has 3 atom stereocenters. The van der Waals surface area contributed by atoms with Crippen molar-refractivity contribution in [1.82, 2.24) is 10.6 Å². The van der Waals surface area contributed by atoms with Crippen LogP contribution in [0.15, 0.2) is 13.2 Å². The zero-order valence-electron chi connectivity index (χ0n) is 15.3. The number of hydrogen-bond donors (Lipinski definition) is 3. The Bertz CT molecular complexity index is 493. The standard InChI is InChI=1S/C9H15F2NO3.C5H7F2NO2.C2H4/c1-3-14-6(2)15-5-7-4-9(10,11)8(13)12-7;6-5(7)1-3(2-9)8-4(5)10;1-2/h6-7H,3-5H2,1-2H3,(H,12,13);3,9H,1-2H2,(H,8,10);1-2H2/t6?,7-;3-;/m11./s1. The van der Waals surface area contributed by atoms with Crippen molar-refractivity contribution in [2.45, 2.75) is 56.9 Å². The number of rotatable bonds is 6. The third-order valence-corrected chi connectivity index (χ3v) is 3.49. The topological polar surface area (TPSA) is 96.9 Å². The third-order valence-electron chi connectivity index (χ3n) is 3.49. The Hall–Kier alpha value is -1.72. The lowest BCUT2D eigenvalue weighted by Gasteiger charge is -2.15. The van der Waals surface area contributed by atoms with E-state index in [1.54, 1.807) is 6.92 Å². The first-order chi connectivity index (χ1) is 12.5. The van der Waals surface area contributed by atoms with Gasteiger partial charge < -0.3 is 25.2 Å². The van der Waals surface area contributed by atoms with E-state index in [2.05, 4.69) is 18.5 Å². The largest absolute Gasteiger partial charge is 0.394 e. The summed E-state index contributed by atoms with van der Waals surface area (Å²) in [4.78, 5) is 21.0. The van der Waals surface area contributed by atoms with E-state index in [0.717, 1.165) is 0 Å². The van der Waals surface area contributed by atoms with Crippen LogP contribution in [0.5, 0.6) is 0 Å². The second kappa shape index (κ2) is 11.2. The van der Waals surface area contributed by atoms with Gasteiger partial charge >= 0.3 is 11.8 Å². The van der Waals surface area contributed by atoms with Gasteiger partial charge in [-0.2, -0.15) is 17.6 Å². The molecule has 0 radical (unpaired) electrons. The summed E-state index contributed by atoms with van der Waals surface area (Å²) in [6.07, 6.45) is -1.55. The van der Waals surface area contributed by atoms with Crippen LogP contribution in [0.25, 0.3) is 0 Å². The summed E-state index contributed by atoms with van der Waals surface area (Å²) in [6, 6.07) is -1.40. The van der Waals surface area contributed by atoms with Crippen LogP contribution in [0, 0.1) is 0 Å². The SMILES string of the molecule is C=C.CCOC(C)OC[C@H]1CC(F)(F)C(=O)N1.O=C1N[C@@H](CO)CC1(F)F. The quantitative estimate of drug-likeness (QED) is 0.353. The zero-order chi connectivity index (χ0) is 21.3. The van der Waals surface area contributed by atoms with Gasteiger partial charge in [-0.15, -0.1) is 13.2 Å². The molecule has 0 bridgehead atoms. The minimum atomic E-state index is -3.28. The van der Waals surface area contributed by atoms with Crippen LogP contribution >= 0.6 is 0 Å². The molecular weight excluding hydrogens is 376 g/mol. The fourth-order valence-corrected chi connectivity index (χ4v) is 2.23. The highest BCUT2D eigenvalue weighted by atomic mass is 19.3. The van der Waals surface area contributed by atoms with E-state index in [1.807, 2.05) is 12.2 Å². The molecular formula is C16H26F4N2O5. The van der Waals surface area contributed by atoms with Crippen molar-refractivity contribution in [2.24, 2.45) is 0 Å². The molecule has 27 heavy (non-hydrogen) atoms. The highest BCUT2D eigenvalue weighted by Crippen LogP contribution is 2.27. The average Bonchev–Trinajstić information content (AvgIpc) is 3.02. The minimum Gasteiger partial charge on any atom is -0.394 e. The molecule has 1 unspecified atom stereocenters. The van der Waals surface area contributed by atoms with E-state index in [9.17, 15) is 27.2 Å². The molecule has 2 aliphatic rings. The molecule has 2 heterocycles. The third kappa shape index (κ3) is 8.22. The Morgan fingerprint density at radius 3 is 1.81 bits per heavy atom. The second-order valence-electron chi connectivity index (χ2n) is 5.70. The van der Waals surface area contributed by atoms with E-state index in [-0.39, 0.29) is 6.61 Å². The summed E-state index contributed by atoms with van der Waals surface area (Å²) in [5, 5.41) is 12.5. The summed E-state index contributed by atoms with van der Waals surface area (Å²) in [7, 11) is 0. The van der Waals surface area contributed by atoms with Gasteiger partial charge in [0.25, 0.3) is 11.8 Å². The van der Waals surface area contributed by atoms with Crippen molar-refractivity contribution in [2.75, 3.05) is 19.8 Å². The molecule has 11 heteroatoms. The first-order valence-corrected chi connectivity index (χ1v) is 8.23. The van der Waals surface area contributed by atoms with Crippen molar-refractivity contribution in [3.8, 4) is 0 Å². The van der Waals surface area contributed by atoms with Crippen LogP contribution in [-0.2, 0) is 19.1 Å². The van der Waals surface area contributed by atoms with Gasteiger partial charge in [0.2, 0.25) is 0 Å². The van der Waals surface area contributed by atoms with Gasteiger partial charge in [-0.05, 0) is 13.8 Å². The number of nitrogens with one attached hydrogen (secondary N) is 2. The van der Waals surface area contributed by atoms with Crippen molar-refractivity contribution in [3.05, 3.63) is 13.2 Å². The predicted octanol–water partition coefficient (Wildman–Crippen LogP) is 1.21. The van der Waals surface area contributed by atoms with E-state index in [0.29, 0.717) is 6.61 Å². The fourth-order valence-electron chi connectivity index (χ4n) is 2.23. The Labute approximate surface area is 155 Å². The Kier molecular flexibility index (Phi) is 10.5. The zero-order valence-corrected chi connectivity index (χ0v) is 15.3. The maximum atomic E-state index is 12.8. The number of aliphatic hydroxyl groups is 1. The minimum absolute atomic E-state index is 0.0441. The van der Waals surface area contributed by atoms with Crippen molar-refractivity contribution in [3.63, 3.8) is 0 Å². The number of carbonyl (C=O) groups is 2. The highest BCUT2D eigenvalue weighted by Gasteiger charge is 2.48. The summed E-state index contributed by atoms with van der Waals surface area (Å²) in [5.41, 5.74) is 0. The molecule has 2 rings (SSSR count). The first kappa shape index (κ1) is 25.3. The van der Waals surface area contributed by atoms with Crippen LogP contribution < -0.4 is 10.6 Å². The number of hydrogen-bond acceptors (Lipinski definition) is 5. The lowest BCUT2D eigenvalue weighted by molar-refractivity contribution is -0.140. The Morgan fingerprint density at radius 2 is 1.52 bits per heavy atom. The molecule has 158 valence electrons. The maximum absolute atomic E-state index is 12.8. The van der Waals surface area contributed by atoms with Crippen molar-refractivity contribution < 1.29 is 41.7 Å².